The Morgan fingerprint density at radius 2 is 1.76 bits per heavy atom. The van der Waals surface area contributed by atoms with E-state index in [1.165, 1.54) is 17.8 Å². The molecule has 0 unspecified atom stereocenters. The molecule has 0 aliphatic heterocycles. The fourth-order valence-corrected chi connectivity index (χ4v) is 4.77. The maximum Gasteiger partial charge on any atom is 0.128 e. The van der Waals surface area contributed by atoms with E-state index in [0.717, 1.165) is 28.1 Å². The van der Waals surface area contributed by atoms with Crippen molar-refractivity contribution in [3.05, 3.63) is 101 Å². The van der Waals surface area contributed by atoms with Gasteiger partial charge in [0, 0.05) is 27.5 Å². The van der Waals surface area contributed by atoms with E-state index >= 15 is 0 Å². The van der Waals surface area contributed by atoms with Gasteiger partial charge in [-0.3, -0.25) is 0 Å². The smallest absolute Gasteiger partial charge is 0.128 e. The van der Waals surface area contributed by atoms with Crippen molar-refractivity contribution in [3.8, 4) is 34.2 Å². The van der Waals surface area contributed by atoms with Gasteiger partial charge in [0.05, 0.1) is 17.9 Å². The Labute approximate surface area is 201 Å². The van der Waals surface area contributed by atoms with Crippen LogP contribution in [0, 0.1) is 17.1 Å². The van der Waals surface area contributed by atoms with Crippen LogP contribution in [-0.4, -0.2) is 11.6 Å². The first-order valence-corrected chi connectivity index (χ1v) is 11.8. The van der Waals surface area contributed by atoms with Crippen LogP contribution in [0.15, 0.2) is 83.9 Å². The molecule has 3 nitrogen and oxygen atoms in total. The average Bonchev–Trinajstić information content (AvgIpc) is 2.84. The Balaban J connectivity index is 1.80. The molecule has 0 aliphatic carbocycles. The topological polar surface area (TPSA) is 45.9 Å². The first-order valence-electron chi connectivity index (χ1n) is 10.4. The van der Waals surface area contributed by atoms with E-state index < -0.39 is 0 Å². The fourth-order valence-electron chi connectivity index (χ4n) is 3.43. The van der Waals surface area contributed by atoms with E-state index in [-0.39, 0.29) is 11.6 Å². The average molecular weight is 475 g/mol. The van der Waals surface area contributed by atoms with Crippen molar-refractivity contribution in [2.24, 2.45) is 0 Å². The van der Waals surface area contributed by atoms with Crippen LogP contribution in [0.25, 0.3) is 22.4 Å². The molecule has 0 saturated carbocycles. The highest BCUT2D eigenvalue weighted by molar-refractivity contribution is 7.98. The Morgan fingerprint density at radius 3 is 2.42 bits per heavy atom. The largest absolute Gasteiger partial charge is 0.494 e. The van der Waals surface area contributed by atoms with E-state index in [1.54, 1.807) is 12.1 Å². The lowest BCUT2D eigenvalue weighted by molar-refractivity contribution is 0.340. The van der Waals surface area contributed by atoms with E-state index in [2.05, 4.69) is 6.07 Å². The Morgan fingerprint density at radius 1 is 1.00 bits per heavy atom. The predicted molar refractivity (Wildman–Crippen MR) is 132 cm³/mol. The molecule has 0 spiro atoms. The Hall–Kier alpha value is -3.33. The number of pyridine rings is 1. The molecule has 33 heavy (non-hydrogen) atoms. The van der Waals surface area contributed by atoms with Gasteiger partial charge in [-0.05, 0) is 55.0 Å². The number of halogens is 2. The lowest BCUT2D eigenvalue weighted by Gasteiger charge is -2.13. The quantitative estimate of drug-likeness (QED) is 0.256. The van der Waals surface area contributed by atoms with Crippen molar-refractivity contribution >= 4 is 23.4 Å². The number of thioether (sulfide) groups is 1. The van der Waals surface area contributed by atoms with Gasteiger partial charge in [0.15, 0.2) is 0 Å². The summed E-state index contributed by atoms with van der Waals surface area (Å²) in [5.74, 6) is 0.662. The number of ether oxygens (including phenoxy) is 1. The third-order valence-corrected chi connectivity index (χ3v) is 6.41. The zero-order valence-corrected chi connectivity index (χ0v) is 19.5. The van der Waals surface area contributed by atoms with Gasteiger partial charge in [-0.2, -0.15) is 5.26 Å². The molecular weight excluding hydrogens is 455 g/mol. The van der Waals surface area contributed by atoms with Crippen molar-refractivity contribution in [2.75, 3.05) is 6.61 Å². The number of benzene rings is 3. The number of rotatable bonds is 7. The number of hydrogen-bond donors (Lipinski definition) is 0. The van der Waals surface area contributed by atoms with Gasteiger partial charge >= 0.3 is 0 Å². The molecule has 6 heteroatoms. The zero-order valence-electron chi connectivity index (χ0n) is 17.9. The summed E-state index contributed by atoms with van der Waals surface area (Å²) < 4.78 is 19.9. The molecule has 4 rings (SSSR count). The van der Waals surface area contributed by atoms with Gasteiger partial charge in [-0.1, -0.05) is 48.0 Å². The van der Waals surface area contributed by atoms with Crippen molar-refractivity contribution in [1.29, 1.82) is 5.26 Å². The van der Waals surface area contributed by atoms with E-state index in [9.17, 15) is 9.65 Å². The summed E-state index contributed by atoms with van der Waals surface area (Å²) >= 11 is 7.51. The lowest BCUT2D eigenvalue weighted by atomic mass is 9.99. The second-order valence-electron chi connectivity index (χ2n) is 7.16. The molecule has 0 N–H and O–H groups in total. The van der Waals surface area contributed by atoms with Crippen molar-refractivity contribution in [2.45, 2.75) is 17.7 Å². The number of nitrogens with zero attached hydrogens (tertiary/aromatic N) is 2. The van der Waals surface area contributed by atoms with Crippen LogP contribution < -0.4 is 4.74 Å². The lowest BCUT2D eigenvalue weighted by Crippen LogP contribution is -1.97. The number of nitriles is 1. The molecule has 4 aromatic rings. The summed E-state index contributed by atoms with van der Waals surface area (Å²) in [6.07, 6.45) is 0. The summed E-state index contributed by atoms with van der Waals surface area (Å²) in [4.78, 5) is 4.78. The molecule has 164 valence electrons. The van der Waals surface area contributed by atoms with Gasteiger partial charge in [-0.25, -0.2) is 9.37 Å². The van der Waals surface area contributed by atoms with Crippen molar-refractivity contribution in [1.82, 2.24) is 4.98 Å². The highest BCUT2D eigenvalue weighted by atomic mass is 35.5. The van der Waals surface area contributed by atoms with Crippen molar-refractivity contribution in [3.63, 3.8) is 0 Å². The zero-order chi connectivity index (χ0) is 23.2. The molecule has 0 aliphatic rings. The maximum absolute atomic E-state index is 14.3. The molecule has 3 aromatic carbocycles. The number of hydrogen-bond acceptors (Lipinski definition) is 4. The highest BCUT2D eigenvalue weighted by Gasteiger charge is 2.17. The molecule has 1 aromatic heterocycles. The molecular formula is C27H20ClFN2OS. The molecule has 0 atom stereocenters. The van der Waals surface area contributed by atoms with Gasteiger partial charge in [0.1, 0.15) is 22.7 Å². The Kier molecular flexibility index (Phi) is 7.29. The highest BCUT2D eigenvalue weighted by Crippen LogP contribution is 2.36. The molecule has 0 amide bonds. The molecule has 1 heterocycles. The van der Waals surface area contributed by atoms with Crippen LogP contribution in [0.5, 0.6) is 5.75 Å². The van der Waals surface area contributed by atoms with Crippen LogP contribution in [0.2, 0.25) is 5.02 Å². The summed E-state index contributed by atoms with van der Waals surface area (Å²) in [5, 5.41) is 10.9. The number of aromatic nitrogens is 1. The molecule has 0 fully saturated rings. The second kappa shape index (κ2) is 10.5. The van der Waals surface area contributed by atoms with Crippen LogP contribution >= 0.6 is 23.4 Å². The minimum atomic E-state index is -0.376. The summed E-state index contributed by atoms with van der Waals surface area (Å²) in [7, 11) is 0. The SMILES string of the molecule is CCOc1ccc(-c2cc(-c3ccccc3)c(C#N)c(SCc3c(F)cccc3Cl)n2)cc1. The van der Waals surface area contributed by atoms with Gasteiger partial charge in [0.25, 0.3) is 0 Å². The van der Waals surface area contributed by atoms with E-state index in [4.69, 9.17) is 21.3 Å². The summed E-state index contributed by atoms with van der Waals surface area (Å²) in [6.45, 7) is 2.53. The normalized spacial score (nSPS) is 10.6. The monoisotopic (exact) mass is 474 g/mol. The van der Waals surface area contributed by atoms with Gasteiger partial charge < -0.3 is 4.74 Å². The summed E-state index contributed by atoms with van der Waals surface area (Å²) in [6, 6.07) is 26.2. The minimum Gasteiger partial charge on any atom is -0.494 e. The molecule has 0 bridgehead atoms. The summed E-state index contributed by atoms with van der Waals surface area (Å²) in [5.41, 5.74) is 4.15. The second-order valence-corrected chi connectivity index (χ2v) is 8.53. The van der Waals surface area contributed by atoms with Crippen LogP contribution in [0.1, 0.15) is 18.1 Å². The molecule has 0 radical (unpaired) electrons. The third-order valence-electron chi connectivity index (χ3n) is 5.06. The van der Waals surface area contributed by atoms with Crippen LogP contribution in [0.3, 0.4) is 0 Å². The predicted octanol–water partition coefficient (Wildman–Crippen LogP) is 7.77. The van der Waals surface area contributed by atoms with Gasteiger partial charge in [0.2, 0.25) is 0 Å². The van der Waals surface area contributed by atoms with Crippen LogP contribution in [-0.2, 0) is 5.75 Å². The van der Waals surface area contributed by atoms with E-state index in [0.29, 0.717) is 27.8 Å². The molecule has 0 saturated heterocycles. The first kappa shape index (κ1) is 22.8. The minimum absolute atomic E-state index is 0.258. The van der Waals surface area contributed by atoms with Gasteiger partial charge in [-0.15, -0.1) is 11.8 Å². The fraction of sp³-hybridized carbons (Fsp3) is 0.111. The maximum atomic E-state index is 14.3. The first-order chi connectivity index (χ1) is 16.1. The van der Waals surface area contributed by atoms with E-state index in [1.807, 2.05) is 67.6 Å². The standard InChI is InChI=1S/C27H20ClFN2OS/c1-2-32-20-13-11-19(12-14-20)26-15-21(18-7-4-3-5-8-18)22(16-30)27(31-26)33-17-23-24(28)9-6-10-25(23)29/h3-15H,2,17H2,1H3. The third kappa shape index (κ3) is 5.19. The Bertz CT molecular complexity index is 1280. The van der Waals surface area contributed by atoms with Crippen LogP contribution in [0.4, 0.5) is 4.39 Å². The van der Waals surface area contributed by atoms with Crippen molar-refractivity contribution < 1.29 is 9.13 Å².